The van der Waals surface area contributed by atoms with Crippen LogP contribution in [0.1, 0.15) is 40.7 Å². The highest BCUT2D eigenvalue weighted by molar-refractivity contribution is 5.94. The Kier molecular flexibility index (Phi) is 6.07. The van der Waals surface area contributed by atoms with E-state index in [0.29, 0.717) is 18.8 Å². The number of ether oxygens (including phenoxy) is 2. The molecule has 1 heterocycles. The number of benzene rings is 2. The van der Waals surface area contributed by atoms with E-state index in [4.69, 9.17) is 9.47 Å². The summed E-state index contributed by atoms with van der Waals surface area (Å²) < 4.78 is 11.2. The normalized spacial score (nSPS) is 14.4. The second-order valence-electron chi connectivity index (χ2n) is 6.36. The lowest BCUT2D eigenvalue weighted by atomic mass is 10.1. The molecule has 0 N–H and O–H groups in total. The molecule has 0 bridgehead atoms. The molecule has 4 heteroatoms. The van der Waals surface area contributed by atoms with E-state index in [9.17, 15) is 4.79 Å². The van der Waals surface area contributed by atoms with E-state index < -0.39 is 0 Å². The van der Waals surface area contributed by atoms with Crippen LogP contribution >= 0.6 is 0 Å². The van der Waals surface area contributed by atoms with Gasteiger partial charge in [-0.1, -0.05) is 30.3 Å². The number of carbonyl (C=O) groups excluding carboxylic acids is 1. The van der Waals surface area contributed by atoms with Crippen LogP contribution in [0.25, 0.3) is 0 Å². The smallest absolute Gasteiger partial charge is 0.253 e. The Morgan fingerprint density at radius 3 is 2.48 bits per heavy atom. The van der Waals surface area contributed by atoms with Crippen molar-refractivity contribution in [3.05, 3.63) is 65.2 Å². The Bertz CT molecular complexity index is 694. The number of rotatable bonds is 6. The Balaban J connectivity index is 1.67. The SMILES string of the molecule is COc1ccc(C(=O)N2CCCCC2)cc1COCc1ccccc1. The number of carbonyl (C=O) groups is 1. The number of amides is 1. The molecule has 1 aliphatic rings. The van der Waals surface area contributed by atoms with Crippen molar-refractivity contribution in [1.82, 2.24) is 4.90 Å². The summed E-state index contributed by atoms with van der Waals surface area (Å²) in [6.45, 7) is 2.66. The van der Waals surface area contributed by atoms with Gasteiger partial charge in [-0.2, -0.15) is 0 Å². The standard InChI is InChI=1S/C21H25NO3/c1-24-20-11-10-18(21(23)22-12-6-3-7-13-22)14-19(20)16-25-15-17-8-4-2-5-9-17/h2,4-5,8-11,14H,3,6-7,12-13,15-16H2,1H3. The highest BCUT2D eigenvalue weighted by Gasteiger charge is 2.19. The quantitative estimate of drug-likeness (QED) is 0.797. The molecule has 0 saturated carbocycles. The summed E-state index contributed by atoms with van der Waals surface area (Å²) in [6, 6.07) is 15.7. The number of methoxy groups -OCH3 is 1. The average molecular weight is 339 g/mol. The van der Waals surface area contributed by atoms with E-state index in [1.165, 1.54) is 6.42 Å². The van der Waals surface area contributed by atoms with Crippen LogP contribution in [0.5, 0.6) is 5.75 Å². The van der Waals surface area contributed by atoms with E-state index in [0.717, 1.165) is 42.8 Å². The fourth-order valence-corrected chi connectivity index (χ4v) is 3.16. The first-order valence-corrected chi connectivity index (χ1v) is 8.86. The predicted octanol–water partition coefficient (Wildman–Crippen LogP) is 4.04. The second-order valence-corrected chi connectivity index (χ2v) is 6.36. The maximum absolute atomic E-state index is 12.7. The number of piperidine rings is 1. The second kappa shape index (κ2) is 8.67. The predicted molar refractivity (Wildman–Crippen MR) is 97.7 cm³/mol. The van der Waals surface area contributed by atoms with Crippen LogP contribution in [0, 0.1) is 0 Å². The molecule has 1 amide bonds. The van der Waals surface area contributed by atoms with Gasteiger partial charge in [0.2, 0.25) is 0 Å². The maximum atomic E-state index is 12.7. The lowest BCUT2D eigenvalue weighted by Crippen LogP contribution is -2.35. The number of hydrogen-bond donors (Lipinski definition) is 0. The number of nitrogens with zero attached hydrogens (tertiary/aromatic N) is 1. The van der Waals surface area contributed by atoms with E-state index in [1.807, 2.05) is 53.4 Å². The first-order valence-electron chi connectivity index (χ1n) is 8.86. The molecule has 1 aliphatic heterocycles. The summed E-state index contributed by atoms with van der Waals surface area (Å²) in [5, 5.41) is 0. The van der Waals surface area contributed by atoms with Crippen LogP contribution in [0.4, 0.5) is 0 Å². The highest BCUT2D eigenvalue weighted by Crippen LogP contribution is 2.23. The molecule has 1 saturated heterocycles. The van der Waals surface area contributed by atoms with E-state index in [1.54, 1.807) is 7.11 Å². The molecule has 2 aromatic carbocycles. The zero-order valence-corrected chi connectivity index (χ0v) is 14.7. The molecule has 0 aliphatic carbocycles. The average Bonchev–Trinajstić information content (AvgIpc) is 2.69. The van der Waals surface area contributed by atoms with Crippen molar-refractivity contribution >= 4 is 5.91 Å². The highest BCUT2D eigenvalue weighted by atomic mass is 16.5. The van der Waals surface area contributed by atoms with E-state index in [2.05, 4.69) is 0 Å². The van der Waals surface area contributed by atoms with Crippen LogP contribution in [0.3, 0.4) is 0 Å². The van der Waals surface area contributed by atoms with Crippen molar-refractivity contribution in [3.8, 4) is 5.75 Å². The molecule has 3 rings (SSSR count). The summed E-state index contributed by atoms with van der Waals surface area (Å²) >= 11 is 0. The van der Waals surface area contributed by atoms with E-state index >= 15 is 0 Å². The van der Waals surface area contributed by atoms with Gasteiger partial charge in [0.1, 0.15) is 5.75 Å². The zero-order chi connectivity index (χ0) is 17.5. The minimum absolute atomic E-state index is 0.103. The summed E-state index contributed by atoms with van der Waals surface area (Å²) in [7, 11) is 1.64. The molecule has 4 nitrogen and oxygen atoms in total. The van der Waals surface area contributed by atoms with Gasteiger partial charge >= 0.3 is 0 Å². The van der Waals surface area contributed by atoms with Gasteiger partial charge in [0, 0.05) is 24.2 Å². The number of likely N-dealkylation sites (tertiary alicyclic amines) is 1. The molecular formula is C21H25NO3. The molecule has 0 unspecified atom stereocenters. The summed E-state index contributed by atoms with van der Waals surface area (Å²) in [5.74, 6) is 0.856. The molecule has 0 atom stereocenters. The molecule has 132 valence electrons. The zero-order valence-electron chi connectivity index (χ0n) is 14.7. The van der Waals surface area contributed by atoms with Gasteiger partial charge < -0.3 is 14.4 Å². The minimum Gasteiger partial charge on any atom is -0.496 e. The van der Waals surface area contributed by atoms with Crippen LogP contribution < -0.4 is 4.74 Å². The number of hydrogen-bond acceptors (Lipinski definition) is 3. The molecule has 0 spiro atoms. The third kappa shape index (κ3) is 4.60. The van der Waals surface area contributed by atoms with Gasteiger partial charge in [-0.25, -0.2) is 0 Å². The fourth-order valence-electron chi connectivity index (χ4n) is 3.16. The molecule has 1 fully saturated rings. The molecular weight excluding hydrogens is 314 g/mol. The van der Waals surface area contributed by atoms with Gasteiger partial charge in [-0.15, -0.1) is 0 Å². The Morgan fingerprint density at radius 2 is 1.76 bits per heavy atom. The van der Waals surface area contributed by atoms with Crippen molar-refractivity contribution in [2.75, 3.05) is 20.2 Å². The van der Waals surface area contributed by atoms with Gasteiger partial charge in [0.15, 0.2) is 0 Å². The largest absolute Gasteiger partial charge is 0.496 e. The minimum atomic E-state index is 0.103. The third-order valence-corrected chi connectivity index (χ3v) is 4.54. The van der Waals surface area contributed by atoms with Crippen molar-refractivity contribution < 1.29 is 14.3 Å². The Labute approximate surface area is 149 Å². The van der Waals surface area contributed by atoms with Crippen molar-refractivity contribution in [2.24, 2.45) is 0 Å². The van der Waals surface area contributed by atoms with Gasteiger partial charge in [0.25, 0.3) is 5.91 Å². The van der Waals surface area contributed by atoms with Crippen molar-refractivity contribution in [1.29, 1.82) is 0 Å². The maximum Gasteiger partial charge on any atom is 0.253 e. The first-order chi connectivity index (χ1) is 12.3. The monoisotopic (exact) mass is 339 g/mol. The summed E-state index contributed by atoms with van der Waals surface area (Å²) in [5.41, 5.74) is 2.74. The molecule has 25 heavy (non-hydrogen) atoms. The van der Waals surface area contributed by atoms with Gasteiger partial charge in [-0.05, 0) is 43.0 Å². The van der Waals surface area contributed by atoms with Crippen LogP contribution in [-0.4, -0.2) is 31.0 Å². The van der Waals surface area contributed by atoms with Crippen LogP contribution in [-0.2, 0) is 18.0 Å². The third-order valence-electron chi connectivity index (χ3n) is 4.54. The fraction of sp³-hybridized carbons (Fsp3) is 0.381. The lowest BCUT2D eigenvalue weighted by molar-refractivity contribution is 0.0723. The van der Waals surface area contributed by atoms with Gasteiger partial charge in [0.05, 0.1) is 20.3 Å². The topological polar surface area (TPSA) is 38.8 Å². The van der Waals surface area contributed by atoms with Crippen molar-refractivity contribution in [2.45, 2.75) is 32.5 Å². The van der Waals surface area contributed by atoms with E-state index in [-0.39, 0.29) is 5.91 Å². The first kappa shape index (κ1) is 17.5. The molecule has 0 aromatic heterocycles. The van der Waals surface area contributed by atoms with Crippen LogP contribution in [0.2, 0.25) is 0 Å². The summed E-state index contributed by atoms with van der Waals surface area (Å²) in [6.07, 6.45) is 3.40. The van der Waals surface area contributed by atoms with Crippen LogP contribution in [0.15, 0.2) is 48.5 Å². The lowest BCUT2D eigenvalue weighted by Gasteiger charge is -2.27. The van der Waals surface area contributed by atoms with Crippen molar-refractivity contribution in [3.63, 3.8) is 0 Å². The molecule has 2 aromatic rings. The molecule has 0 radical (unpaired) electrons. The Morgan fingerprint density at radius 1 is 1.00 bits per heavy atom. The van der Waals surface area contributed by atoms with Gasteiger partial charge in [-0.3, -0.25) is 4.79 Å². The Hall–Kier alpha value is -2.33. The summed E-state index contributed by atoms with van der Waals surface area (Å²) in [4.78, 5) is 14.6.